The van der Waals surface area contributed by atoms with E-state index in [0.717, 1.165) is 72.2 Å². The van der Waals surface area contributed by atoms with Gasteiger partial charge in [-0.15, -0.1) is 0 Å². The minimum atomic E-state index is -3.87. The van der Waals surface area contributed by atoms with Gasteiger partial charge in [-0.2, -0.15) is 0 Å². The second kappa shape index (κ2) is 16.8. The highest BCUT2D eigenvalue weighted by Gasteiger charge is 2.26. The van der Waals surface area contributed by atoms with Crippen LogP contribution in [0.3, 0.4) is 0 Å². The normalized spacial score (nSPS) is 17.4. The lowest BCUT2D eigenvalue weighted by atomic mass is 10.0. The molecule has 0 saturated carbocycles. The number of anilines is 2. The van der Waals surface area contributed by atoms with Gasteiger partial charge in [-0.25, -0.2) is 23.2 Å². The van der Waals surface area contributed by atoms with Gasteiger partial charge in [0.1, 0.15) is 30.1 Å². The van der Waals surface area contributed by atoms with Crippen LogP contribution in [0, 0.1) is 0 Å². The molecule has 0 bridgehead atoms. The smallest absolute Gasteiger partial charge is 0.407 e. The fourth-order valence-corrected chi connectivity index (χ4v) is 8.65. The van der Waals surface area contributed by atoms with Crippen LogP contribution in [-0.4, -0.2) is 99.7 Å². The van der Waals surface area contributed by atoms with E-state index in [1.165, 1.54) is 0 Å². The van der Waals surface area contributed by atoms with E-state index >= 15 is 0 Å². The van der Waals surface area contributed by atoms with Gasteiger partial charge in [0, 0.05) is 52.6 Å². The first-order valence-electron chi connectivity index (χ1n) is 18.8. The van der Waals surface area contributed by atoms with Crippen molar-refractivity contribution in [2.24, 2.45) is 0 Å². The fraction of sp³-hybridized carbons (Fsp3) is 0.513. The van der Waals surface area contributed by atoms with Crippen molar-refractivity contribution < 1.29 is 27.4 Å². The molecule has 2 aliphatic rings. The predicted molar refractivity (Wildman–Crippen MR) is 215 cm³/mol. The minimum Gasteiger partial charge on any atom is -0.444 e. The van der Waals surface area contributed by atoms with Crippen molar-refractivity contribution in [3.8, 4) is 11.3 Å². The van der Waals surface area contributed by atoms with Gasteiger partial charge in [-0.1, -0.05) is 43.9 Å². The average Bonchev–Trinajstić information content (AvgIpc) is 3.48. The third kappa shape index (κ3) is 10.6. The molecule has 13 nitrogen and oxygen atoms in total. The number of ether oxygens (including phenoxy) is 3. The van der Waals surface area contributed by atoms with Crippen LogP contribution >= 0.6 is 0 Å². The Hall–Kier alpha value is -4.02. The summed E-state index contributed by atoms with van der Waals surface area (Å²) in [5.74, 6) is 0.870. The molecule has 4 aromatic rings. The van der Waals surface area contributed by atoms with E-state index in [2.05, 4.69) is 60.1 Å². The molecule has 2 N–H and O–H groups in total. The van der Waals surface area contributed by atoms with Gasteiger partial charge in [-0.05, 0) is 87.7 Å². The number of morpholine rings is 1. The molecule has 54 heavy (non-hydrogen) atoms. The third-order valence-electron chi connectivity index (χ3n) is 9.47. The first kappa shape index (κ1) is 39.7. The summed E-state index contributed by atoms with van der Waals surface area (Å²) in [6, 6.07) is 17.6. The summed E-state index contributed by atoms with van der Waals surface area (Å²) in [5.41, 5.74) is 3.38. The molecule has 0 aliphatic carbocycles. The Morgan fingerprint density at radius 2 is 1.78 bits per heavy atom. The number of aromatic nitrogens is 3. The number of nitrogens with one attached hydrogen (secondary N) is 2. The first-order valence-corrected chi connectivity index (χ1v) is 24.0. The Bertz CT molecular complexity index is 2000. The maximum absolute atomic E-state index is 13.6. The molecule has 1 atom stereocenters. The average molecular weight is 778 g/mol. The Morgan fingerprint density at radius 3 is 2.50 bits per heavy atom. The molecule has 4 heterocycles. The van der Waals surface area contributed by atoms with Gasteiger partial charge < -0.3 is 29.0 Å². The van der Waals surface area contributed by atoms with Crippen LogP contribution in [0.5, 0.6) is 0 Å². The van der Waals surface area contributed by atoms with Crippen LogP contribution in [0.4, 0.5) is 16.3 Å². The summed E-state index contributed by atoms with van der Waals surface area (Å²) in [6.45, 7) is 18.4. The van der Waals surface area contributed by atoms with Crippen molar-refractivity contribution in [1.82, 2.24) is 24.8 Å². The largest absolute Gasteiger partial charge is 0.444 e. The lowest BCUT2D eigenvalue weighted by molar-refractivity contribution is 0.0470. The highest BCUT2D eigenvalue weighted by atomic mass is 32.2. The van der Waals surface area contributed by atoms with Crippen LogP contribution in [0.1, 0.15) is 39.2 Å². The van der Waals surface area contributed by atoms with Crippen LogP contribution < -0.4 is 14.9 Å². The number of rotatable bonds is 13. The Kier molecular flexibility index (Phi) is 12.3. The second-order valence-electron chi connectivity index (χ2n) is 16.4. The van der Waals surface area contributed by atoms with Gasteiger partial charge >= 0.3 is 6.09 Å². The molecular formula is C39H55N7O6SSi. The molecule has 2 saturated heterocycles. The van der Waals surface area contributed by atoms with Crippen molar-refractivity contribution in [3.05, 3.63) is 66.5 Å². The lowest BCUT2D eigenvalue weighted by Crippen LogP contribution is -2.48. The van der Waals surface area contributed by atoms with E-state index in [0.29, 0.717) is 45.3 Å². The number of hydrogen-bond donors (Lipinski definition) is 2. The van der Waals surface area contributed by atoms with Crippen molar-refractivity contribution >= 4 is 46.7 Å². The van der Waals surface area contributed by atoms with E-state index in [1.54, 1.807) is 36.7 Å². The number of amides is 1. The van der Waals surface area contributed by atoms with Gasteiger partial charge in [0.05, 0.1) is 29.2 Å². The number of carbonyl (C=O) groups is 1. The second-order valence-corrected chi connectivity index (χ2v) is 23.7. The maximum atomic E-state index is 13.6. The van der Waals surface area contributed by atoms with E-state index < -0.39 is 29.8 Å². The SMILES string of the molecule is CC(C)(C)OC(=O)N[C@@H]1CCCN(Cc2cccc(S(=O)(=O)Nc3ccc(-c4cc5c(N6CCOCC6)ncnc5n4COCC[Si](C)(C)C)cc3)c2)C1. The van der Waals surface area contributed by atoms with E-state index in [9.17, 15) is 13.2 Å². The van der Waals surface area contributed by atoms with E-state index in [4.69, 9.17) is 14.2 Å². The molecule has 0 unspecified atom stereocenters. The van der Waals surface area contributed by atoms with Crippen molar-refractivity contribution in [2.45, 2.75) is 89.1 Å². The molecule has 6 rings (SSSR count). The number of likely N-dealkylation sites (tertiary alicyclic amines) is 1. The summed E-state index contributed by atoms with van der Waals surface area (Å²) in [7, 11) is -5.14. The molecule has 292 valence electrons. The molecule has 0 spiro atoms. The number of benzene rings is 2. The summed E-state index contributed by atoms with van der Waals surface area (Å²) in [4.78, 5) is 26.3. The highest BCUT2D eigenvalue weighted by molar-refractivity contribution is 7.92. The van der Waals surface area contributed by atoms with Crippen molar-refractivity contribution in [3.63, 3.8) is 0 Å². The minimum absolute atomic E-state index is 0.0337. The first-order chi connectivity index (χ1) is 25.6. The summed E-state index contributed by atoms with van der Waals surface area (Å²) in [6.07, 6.45) is 2.98. The van der Waals surface area contributed by atoms with Crippen LogP contribution in [-0.2, 0) is 37.5 Å². The zero-order chi connectivity index (χ0) is 38.5. The van der Waals surface area contributed by atoms with Gasteiger partial charge in [0.2, 0.25) is 0 Å². The number of fused-ring (bicyclic) bond motifs is 1. The molecule has 2 aromatic heterocycles. The monoisotopic (exact) mass is 777 g/mol. The third-order valence-corrected chi connectivity index (χ3v) is 12.6. The summed E-state index contributed by atoms with van der Waals surface area (Å²) >= 11 is 0. The number of alkyl carbamates (subject to hydrolysis) is 1. The number of carbonyl (C=O) groups excluding carboxylic acids is 1. The maximum Gasteiger partial charge on any atom is 0.407 e. The molecule has 1 amide bonds. The predicted octanol–water partition coefficient (Wildman–Crippen LogP) is 6.54. The van der Waals surface area contributed by atoms with Gasteiger partial charge in [0.15, 0.2) is 0 Å². The molecular weight excluding hydrogens is 723 g/mol. The standard InChI is InChI=1S/C39H55N7O6SSi/c1-39(2,3)52-38(47)42-32-10-8-16-44(26-32)25-29-9-7-11-33(23-29)53(48,49)43-31-14-12-30(13-15-31)35-24-34-36(45-17-19-50-20-18-45)40-27-41-37(34)46(35)28-51-21-22-54(4,5)6/h7,9,11-15,23-24,27,32,43H,8,10,16-22,25-26,28H2,1-6H3,(H,42,47)/t32-/m1/s1. The van der Waals surface area contributed by atoms with Crippen LogP contribution in [0.2, 0.25) is 25.7 Å². The molecule has 2 fully saturated rings. The van der Waals surface area contributed by atoms with Crippen LogP contribution in [0.25, 0.3) is 22.3 Å². The number of sulfonamides is 1. The number of piperidine rings is 1. The quantitative estimate of drug-likeness (QED) is 0.114. The zero-order valence-corrected chi connectivity index (χ0v) is 34.2. The zero-order valence-electron chi connectivity index (χ0n) is 32.4. The molecule has 0 radical (unpaired) electrons. The summed E-state index contributed by atoms with van der Waals surface area (Å²) < 4.78 is 49.4. The molecule has 2 aliphatic heterocycles. The van der Waals surface area contributed by atoms with Crippen molar-refractivity contribution in [2.75, 3.05) is 55.6 Å². The number of hydrogen-bond acceptors (Lipinski definition) is 10. The fourth-order valence-electron chi connectivity index (χ4n) is 6.76. The number of nitrogens with zero attached hydrogens (tertiary/aromatic N) is 5. The van der Waals surface area contributed by atoms with E-state index in [1.807, 2.05) is 39.0 Å². The van der Waals surface area contributed by atoms with E-state index in [-0.39, 0.29) is 10.9 Å². The highest BCUT2D eigenvalue weighted by Crippen LogP contribution is 2.33. The Labute approximate surface area is 320 Å². The van der Waals surface area contributed by atoms with Crippen LogP contribution in [0.15, 0.2) is 65.8 Å². The Balaban J connectivity index is 1.16. The lowest BCUT2D eigenvalue weighted by Gasteiger charge is -2.33. The van der Waals surface area contributed by atoms with Gasteiger partial charge in [-0.3, -0.25) is 9.62 Å². The molecule has 2 aromatic carbocycles. The van der Waals surface area contributed by atoms with Gasteiger partial charge in [0.25, 0.3) is 10.0 Å². The Morgan fingerprint density at radius 1 is 1.02 bits per heavy atom. The van der Waals surface area contributed by atoms with Crippen molar-refractivity contribution in [1.29, 1.82) is 0 Å². The summed E-state index contributed by atoms with van der Waals surface area (Å²) in [5, 5.41) is 3.92. The molecule has 15 heteroatoms. The topological polar surface area (TPSA) is 140 Å².